The van der Waals surface area contributed by atoms with Crippen molar-refractivity contribution >= 4 is 12.0 Å². The molecule has 0 bridgehead atoms. The number of carboxylic acid groups (broad SMARTS) is 1. The Kier molecular flexibility index (Phi) is 4.22. The zero-order valence-corrected chi connectivity index (χ0v) is 12.4. The number of urea groups is 1. The Hall–Kier alpha value is -1.30. The van der Waals surface area contributed by atoms with Crippen LogP contribution in [-0.4, -0.2) is 53.8 Å². The third kappa shape index (κ3) is 2.61. The molecule has 114 valence electrons. The van der Waals surface area contributed by atoms with Gasteiger partial charge in [0.05, 0.1) is 17.6 Å². The highest BCUT2D eigenvalue weighted by Gasteiger charge is 2.48. The van der Waals surface area contributed by atoms with Crippen LogP contribution in [0.15, 0.2) is 0 Å². The maximum Gasteiger partial charge on any atom is 0.317 e. The lowest BCUT2D eigenvalue weighted by atomic mass is 9.76. The standard InChI is InChI=1S/C14H24N2O4/c1-9(2)14(12(17)18)5-6-16(8-14)13(19)15-11-4-7-20-10(11)3/h9-11H,4-8H2,1-3H3,(H,15,19)(H,17,18). The Labute approximate surface area is 119 Å². The Morgan fingerprint density at radius 3 is 2.60 bits per heavy atom. The molecule has 3 atom stereocenters. The third-order valence-electron chi connectivity index (χ3n) is 4.80. The van der Waals surface area contributed by atoms with E-state index >= 15 is 0 Å². The van der Waals surface area contributed by atoms with E-state index < -0.39 is 11.4 Å². The molecule has 6 nitrogen and oxygen atoms in total. The smallest absolute Gasteiger partial charge is 0.317 e. The number of nitrogens with zero attached hydrogens (tertiary/aromatic N) is 1. The monoisotopic (exact) mass is 284 g/mol. The van der Waals surface area contributed by atoms with Gasteiger partial charge in [0, 0.05) is 19.7 Å². The van der Waals surface area contributed by atoms with Crippen molar-refractivity contribution in [3.8, 4) is 0 Å². The Morgan fingerprint density at radius 1 is 1.45 bits per heavy atom. The van der Waals surface area contributed by atoms with Gasteiger partial charge >= 0.3 is 12.0 Å². The molecule has 2 heterocycles. The molecular weight excluding hydrogens is 260 g/mol. The van der Waals surface area contributed by atoms with Crippen molar-refractivity contribution in [1.29, 1.82) is 0 Å². The van der Waals surface area contributed by atoms with Gasteiger partial charge in [0.25, 0.3) is 0 Å². The van der Waals surface area contributed by atoms with Crippen LogP contribution in [0.5, 0.6) is 0 Å². The van der Waals surface area contributed by atoms with E-state index in [1.54, 1.807) is 4.90 Å². The van der Waals surface area contributed by atoms with Crippen LogP contribution in [0.2, 0.25) is 0 Å². The summed E-state index contributed by atoms with van der Waals surface area (Å²) in [6.07, 6.45) is 1.36. The van der Waals surface area contributed by atoms with Gasteiger partial charge < -0.3 is 20.1 Å². The normalized spacial score (nSPS) is 33.7. The predicted molar refractivity (Wildman–Crippen MR) is 73.4 cm³/mol. The number of aliphatic carboxylic acids is 1. The number of nitrogens with one attached hydrogen (secondary N) is 1. The molecule has 2 amide bonds. The summed E-state index contributed by atoms with van der Waals surface area (Å²) in [4.78, 5) is 25.4. The van der Waals surface area contributed by atoms with Gasteiger partial charge in [-0.05, 0) is 25.7 Å². The average molecular weight is 284 g/mol. The van der Waals surface area contributed by atoms with Crippen molar-refractivity contribution in [1.82, 2.24) is 10.2 Å². The molecule has 2 N–H and O–H groups in total. The van der Waals surface area contributed by atoms with E-state index in [-0.39, 0.29) is 30.6 Å². The molecule has 0 aliphatic carbocycles. The highest BCUT2D eigenvalue weighted by atomic mass is 16.5. The van der Waals surface area contributed by atoms with Gasteiger partial charge in [-0.25, -0.2) is 4.79 Å². The quantitative estimate of drug-likeness (QED) is 0.819. The average Bonchev–Trinajstić information content (AvgIpc) is 2.97. The summed E-state index contributed by atoms with van der Waals surface area (Å²) in [6, 6.07) is -0.141. The van der Waals surface area contributed by atoms with E-state index in [4.69, 9.17) is 4.74 Å². The van der Waals surface area contributed by atoms with E-state index in [2.05, 4.69) is 5.32 Å². The van der Waals surface area contributed by atoms with Crippen LogP contribution in [0, 0.1) is 11.3 Å². The van der Waals surface area contributed by atoms with Gasteiger partial charge in [-0.2, -0.15) is 0 Å². The fourth-order valence-electron chi connectivity index (χ4n) is 3.07. The lowest BCUT2D eigenvalue weighted by Gasteiger charge is -2.29. The number of carboxylic acids is 1. The summed E-state index contributed by atoms with van der Waals surface area (Å²) in [6.45, 7) is 7.20. The fourth-order valence-corrected chi connectivity index (χ4v) is 3.07. The van der Waals surface area contributed by atoms with Gasteiger partial charge in [-0.15, -0.1) is 0 Å². The number of hydrogen-bond acceptors (Lipinski definition) is 3. The van der Waals surface area contributed by atoms with E-state index in [0.717, 1.165) is 6.42 Å². The number of amides is 2. The van der Waals surface area contributed by atoms with Crippen LogP contribution >= 0.6 is 0 Å². The van der Waals surface area contributed by atoms with Crippen LogP contribution in [0.3, 0.4) is 0 Å². The molecule has 2 aliphatic rings. The van der Waals surface area contributed by atoms with Crippen LogP contribution in [-0.2, 0) is 9.53 Å². The van der Waals surface area contributed by atoms with Gasteiger partial charge in [0.15, 0.2) is 0 Å². The predicted octanol–water partition coefficient (Wildman–Crippen LogP) is 1.31. The van der Waals surface area contributed by atoms with Gasteiger partial charge in [-0.3, -0.25) is 4.79 Å². The third-order valence-corrected chi connectivity index (χ3v) is 4.80. The van der Waals surface area contributed by atoms with E-state index in [1.165, 1.54) is 0 Å². The van der Waals surface area contributed by atoms with Crippen LogP contribution in [0.1, 0.15) is 33.6 Å². The van der Waals surface area contributed by atoms with Crippen LogP contribution in [0.4, 0.5) is 4.79 Å². The maximum absolute atomic E-state index is 12.2. The lowest BCUT2D eigenvalue weighted by molar-refractivity contribution is -0.150. The van der Waals surface area contributed by atoms with Crippen molar-refractivity contribution < 1.29 is 19.4 Å². The first-order chi connectivity index (χ1) is 9.36. The second-order valence-corrected chi connectivity index (χ2v) is 6.21. The van der Waals surface area contributed by atoms with Crippen molar-refractivity contribution in [2.24, 2.45) is 11.3 Å². The van der Waals surface area contributed by atoms with Crippen molar-refractivity contribution in [2.45, 2.75) is 45.8 Å². The molecule has 2 saturated heterocycles. The maximum atomic E-state index is 12.2. The molecule has 2 aliphatic heterocycles. The fraction of sp³-hybridized carbons (Fsp3) is 0.857. The summed E-state index contributed by atoms with van der Waals surface area (Å²) in [7, 11) is 0. The molecule has 0 aromatic heterocycles. The van der Waals surface area contributed by atoms with Gasteiger partial charge in [0.2, 0.25) is 0 Å². The molecule has 0 saturated carbocycles. The molecule has 0 aromatic carbocycles. The summed E-state index contributed by atoms with van der Waals surface area (Å²) < 4.78 is 5.42. The SMILES string of the molecule is CC1OCCC1NC(=O)N1CCC(C(=O)O)(C(C)C)C1. The molecule has 0 aromatic rings. The van der Waals surface area contributed by atoms with Crippen molar-refractivity contribution in [3.05, 3.63) is 0 Å². The van der Waals surface area contributed by atoms with Gasteiger partial charge in [0.1, 0.15) is 0 Å². The highest BCUT2D eigenvalue weighted by molar-refractivity contribution is 5.80. The zero-order chi connectivity index (χ0) is 14.9. The minimum Gasteiger partial charge on any atom is -0.481 e. The topological polar surface area (TPSA) is 78.9 Å². The van der Waals surface area contributed by atoms with Crippen molar-refractivity contribution in [2.75, 3.05) is 19.7 Å². The molecular formula is C14H24N2O4. The minimum absolute atomic E-state index is 0.00605. The van der Waals surface area contributed by atoms with E-state index in [1.807, 2.05) is 20.8 Å². The first-order valence-corrected chi connectivity index (χ1v) is 7.27. The molecule has 0 radical (unpaired) electrons. The number of carbonyl (C=O) groups excluding carboxylic acids is 1. The number of ether oxygens (including phenoxy) is 1. The van der Waals surface area contributed by atoms with Crippen LogP contribution < -0.4 is 5.32 Å². The lowest BCUT2D eigenvalue weighted by Crippen LogP contribution is -2.48. The second kappa shape index (κ2) is 5.60. The summed E-state index contributed by atoms with van der Waals surface area (Å²) in [5, 5.41) is 12.4. The molecule has 20 heavy (non-hydrogen) atoms. The molecule has 0 spiro atoms. The summed E-state index contributed by atoms with van der Waals surface area (Å²) >= 11 is 0. The zero-order valence-electron chi connectivity index (χ0n) is 12.4. The Bertz CT molecular complexity index is 399. The highest BCUT2D eigenvalue weighted by Crippen LogP contribution is 2.38. The minimum atomic E-state index is -0.810. The second-order valence-electron chi connectivity index (χ2n) is 6.21. The Morgan fingerprint density at radius 2 is 2.15 bits per heavy atom. The molecule has 2 fully saturated rings. The summed E-state index contributed by atoms with van der Waals surface area (Å²) in [5.74, 6) is -0.799. The molecule has 6 heteroatoms. The van der Waals surface area contributed by atoms with E-state index in [0.29, 0.717) is 19.6 Å². The number of carbonyl (C=O) groups is 2. The Balaban J connectivity index is 1.98. The van der Waals surface area contributed by atoms with Gasteiger partial charge in [-0.1, -0.05) is 13.8 Å². The molecule has 3 unspecified atom stereocenters. The van der Waals surface area contributed by atoms with Crippen molar-refractivity contribution in [3.63, 3.8) is 0 Å². The largest absolute Gasteiger partial charge is 0.481 e. The number of hydrogen-bond donors (Lipinski definition) is 2. The first kappa shape index (κ1) is 15.1. The first-order valence-electron chi connectivity index (χ1n) is 7.27. The molecule has 2 rings (SSSR count). The number of rotatable bonds is 3. The van der Waals surface area contributed by atoms with Crippen LogP contribution in [0.25, 0.3) is 0 Å². The number of likely N-dealkylation sites (tertiary alicyclic amines) is 1. The van der Waals surface area contributed by atoms with E-state index in [9.17, 15) is 14.7 Å². The summed E-state index contributed by atoms with van der Waals surface area (Å²) in [5.41, 5.74) is -0.810.